The standard InChI is InChI=1S/C20H14FNO/c21-16-7-5-13(6-8-16)20(23)22-17-9-10-19-15(12-17)11-14-3-1-2-4-18(14)19/h1-10,12H,11H2,(H,22,23). The van der Waals surface area contributed by atoms with E-state index in [1.165, 1.54) is 46.5 Å². The number of hydrogen-bond acceptors (Lipinski definition) is 1. The van der Waals surface area contributed by atoms with Crippen LogP contribution in [0.1, 0.15) is 21.5 Å². The summed E-state index contributed by atoms with van der Waals surface area (Å²) in [5.74, 6) is -0.586. The van der Waals surface area contributed by atoms with Crippen LogP contribution in [-0.4, -0.2) is 5.91 Å². The Morgan fingerprint density at radius 1 is 0.870 bits per heavy atom. The van der Waals surface area contributed by atoms with Crippen LogP contribution in [0.2, 0.25) is 0 Å². The number of rotatable bonds is 2. The first-order chi connectivity index (χ1) is 11.2. The van der Waals surface area contributed by atoms with Gasteiger partial charge in [-0.3, -0.25) is 4.79 Å². The smallest absolute Gasteiger partial charge is 0.255 e. The molecule has 0 saturated heterocycles. The molecule has 0 heterocycles. The van der Waals surface area contributed by atoms with Gasteiger partial charge < -0.3 is 5.32 Å². The quantitative estimate of drug-likeness (QED) is 0.574. The predicted molar refractivity (Wildman–Crippen MR) is 89.0 cm³/mol. The zero-order valence-corrected chi connectivity index (χ0v) is 12.3. The van der Waals surface area contributed by atoms with E-state index in [1.54, 1.807) is 0 Å². The van der Waals surface area contributed by atoms with E-state index in [0.717, 1.165) is 12.1 Å². The molecule has 4 rings (SSSR count). The zero-order chi connectivity index (χ0) is 15.8. The topological polar surface area (TPSA) is 29.1 Å². The van der Waals surface area contributed by atoms with Crippen LogP contribution < -0.4 is 5.32 Å². The highest BCUT2D eigenvalue weighted by Crippen LogP contribution is 2.37. The molecule has 3 aromatic rings. The van der Waals surface area contributed by atoms with Gasteiger partial charge in [0.15, 0.2) is 0 Å². The monoisotopic (exact) mass is 303 g/mol. The molecule has 112 valence electrons. The maximum absolute atomic E-state index is 12.9. The van der Waals surface area contributed by atoms with Gasteiger partial charge in [-0.2, -0.15) is 0 Å². The molecule has 0 radical (unpaired) electrons. The van der Waals surface area contributed by atoms with E-state index in [-0.39, 0.29) is 11.7 Å². The molecule has 0 bridgehead atoms. The molecule has 3 heteroatoms. The largest absolute Gasteiger partial charge is 0.322 e. The molecule has 0 aliphatic heterocycles. The second kappa shape index (κ2) is 5.36. The fraction of sp³-hybridized carbons (Fsp3) is 0.0500. The summed E-state index contributed by atoms with van der Waals surface area (Å²) in [5.41, 5.74) is 6.20. The Balaban J connectivity index is 1.59. The van der Waals surface area contributed by atoms with Gasteiger partial charge in [-0.25, -0.2) is 4.39 Å². The van der Waals surface area contributed by atoms with Gasteiger partial charge in [0.05, 0.1) is 0 Å². The Morgan fingerprint density at radius 3 is 2.43 bits per heavy atom. The van der Waals surface area contributed by atoms with Gasteiger partial charge in [-0.1, -0.05) is 30.3 Å². The van der Waals surface area contributed by atoms with Crippen LogP contribution in [0.3, 0.4) is 0 Å². The number of carbonyl (C=O) groups is 1. The molecule has 1 aliphatic carbocycles. The van der Waals surface area contributed by atoms with Crippen molar-refractivity contribution >= 4 is 11.6 Å². The molecule has 2 nitrogen and oxygen atoms in total. The molecule has 0 unspecified atom stereocenters. The summed E-state index contributed by atoms with van der Waals surface area (Å²) in [6, 6.07) is 19.8. The van der Waals surface area contributed by atoms with Gasteiger partial charge in [-0.05, 0) is 65.1 Å². The molecule has 3 aromatic carbocycles. The van der Waals surface area contributed by atoms with Crippen LogP contribution >= 0.6 is 0 Å². The second-order valence-corrected chi connectivity index (χ2v) is 5.67. The number of nitrogens with one attached hydrogen (secondary N) is 1. The Hall–Kier alpha value is -2.94. The Kier molecular flexibility index (Phi) is 3.19. The highest BCUT2D eigenvalue weighted by Gasteiger charge is 2.18. The third-order valence-corrected chi connectivity index (χ3v) is 4.16. The lowest BCUT2D eigenvalue weighted by Crippen LogP contribution is -2.11. The minimum atomic E-state index is -0.350. The summed E-state index contributed by atoms with van der Waals surface area (Å²) in [5, 5.41) is 2.87. The molecule has 0 saturated carbocycles. The number of hydrogen-bond donors (Lipinski definition) is 1. The van der Waals surface area contributed by atoms with E-state index < -0.39 is 0 Å². The minimum Gasteiger partial charge on any atom is -0.322 e. The number of benzene rings is 3. The summed E-state index contributed by atoms with van der Waals surface area (Å²) in [4.78, 5) is 12.2. The van der Waals surface area contributed by atoms with Crippen molar-refractivity contribution in [2.75, 3.05) is 5.32 Å². The zero-order valence-electron chi connectivity index (χ0n) is 12.3. The maximum atomic E-state index is 12.9. The Labute approximate surface area is 133 Å². The third kappa shape index (κ3) is 2.50. The molecule has 23 heavy (non-hydrogen) atoms. The first-order valence-corrected chi connectivity index (χ1v) is 7.49. The number of halogens is 1. The Morgan fingerprint density at radius 2 is 1.61 bits per heavy atom. The summed E-state index contributed by atoms with van der Waals surface area (Å²) >= 11 is 0. The minimum absolute atomic E-state index is 0.236. The highest BCUT2D eigenvalue weighted by molar-refractivity contribution is 6.04. The summed E-state index contributed by atoms with van der Waals surface area (Å²) in [6.07, 6.45) is 0.881. The van der Waals surface area contributed by atoms with Gasteiger partial charge in [0.2, 0.25) is 0 Å². The van der Waals surface area contributed by atoms with Crippen molar-refractivity contribution in [2.24, 2.45) is 0 Å². The number of amides is 1. The van der Waals surface area contributed by atoms with Crippen molar-refractivity contribution in [3.8, 4) is 11.1 Å². The van der Waals surface area contributed by atoms with Gasteiger partial charge >= 0.3 is 0 Å². The van der Waals surface area contributed by atoms with E-state index in [2.05, 4.69) is 17.4 Å². The fourth-order valence-corrected chi connectivity index (χ4v) is 3.03. The normalized spacial score (nSPS) is 11.7. The van der Waals surface area contributed by atoms with E-state index >= 15 is 0 Å². The van der Waals surface area contributed by atoms with E-state index in [4.69, 9.17) is 0 Å². The first kappa shape index (κ1) is 13.7. The molecule has 0 fully saturated rings. The van der Waals surface area contributed by atoms with Crippen LogP contribution in [-0.2, 0) is 6.42 Å². The third-order valence-electron chi connectivity index (χ3n) is 4.16. The average Bonchev–Trinajstić information content (AvgIpc) is 2.93. The van der Waals surface area contributed by atoms with Gasteiger partial charge in [-0.15, -0.1) is 0 Å². The summed E-state index contributed by atoms with van der Waals surface area (Å²) < 4.78 is 12.9. The highest BCUT2D eigenvalue weighted by atomic mass is 19.1. The number of anilines is 1. The van der Waals surface area contributed by atoms with Crippen LogP contribution in [0.5, 0.6) is 0 Å². The van der Waals surface area contributed by atoms with Gasteiger partial charge in [0.1, 0.15) is 5.82 Å². The number of carbonyl (C=O) groups excluding carboxylic acids is 1. The van der Waals surface area contributed by atoms with E-state index in [1.807, 2.05) is 30.3 Å². The van der Waals surface area contributed by atoms with E-state index in [9.17, 15) is 9.18 Å². The molecule has 1 N–H and O–H groups in total. The molecule has 0 aromatic heterocycles. The van der Waals surface area contributed by atoms with Crippen LogP contribution in [0.25, 0.3) is 11.1 Å². The van der Waals surface area contributed by atoms with Crippen molar-refractivity contribution < 1.29 is 9.18 Å². The molecule has 0 atom stereocenters. The summed E-state index contributed by atoms with van der Waals surface area (Å²) in [6.45, 7) is 0. The SMILES string of the molecule is O=C(Nc1ccc2c(c1)Cc1ccccc1-2)c1ccc(F)cc1. The van der Waals surface area contributed by atoms with Gasteiger partial charge in [0, 0.05) is 11.3 Å². The first-order valence-electron chi connectivity index (χ1n) is 7.49. The molecular formula is C20H14FNO. The maximum Gasteiger partial charge on any atom is 0.255 e. The van der Waals surface area contributed by atoms with Crippen LogP contribution in [0.4, 0.5) is 10.1 Å². The predicted octanol–water partition coefficient (Wildman–Crippen LogP) is 4.65. The van der Waals surface area contributed by atoms with Crippen molar-refractivity contribution in [2.45, 2.75) is 6.42 Å². The summed E-state index contributed by atoms with van der Waals surface area (Å²) in [7, 11) is 0. The van der Waals surface area contributed by atoms with Crippen molar-refractivity contribution in [1.82, 2.24) is 0 Å². The van der Waals surface area contributed by atoms with Crippen molar-refractivity contribution in [3.05, 3.63) is 89.2 Å². The molecule has 1 aliphatic rings. The second-order valence-electron chi connectivity index (χ2n) is 5.67. The lowest BCUT2D eigenvalue weighted by molar-refractivity contribution is 0.102. The lowest BCUT2D eigenvalue weighted by atomic mass is 10.1. The molecule has 1 amide bonds. The van der Waals surface area contributed by atoms with Crippen LogP contribution in [0, 0.1) is 5.82 Å². The Bertz CT molecular complexity index is 900. The van der Waals surface area contributed by atoms with Crippen molar-refractivity contribution in [3.63, 3.8) is 0 Å². The molecular weight excluding hydrogens is 289 g/mol. The van der Waals surface area contributed by atoms with E-state index in [0.29, 0.717) is 5.56 Å². The lowest BCUT2D eigenvalue weighted by Gasteiger charge is -2.08. The number of fused-ring (bicyclic) bond motifs is 3. The van der Waals surface area contributed by atoms with Crippen molar-refractivity contribution in [1.29, 1.82) is 0 Å². The molecule has 0 spiro atoms. The fourth-order valence-electron chi connectivity index (χ4n) is 3.03. The van der Waals surface area contributed by atoms with Gasteiger partial charge in [0.25, 0.3) is 5.91 Å². The van der Waals surface area contributed by atoms with Crippen LogP contribution in [0.15, 0.2) is 66.7 Å². The average molecular weight is 303 g/mol.